The van der Waals surface area contributed by atoms with Crippen molar-refractivity contribution in [1.29, 1.82) is 0 Å². The van der Waals surface area contributed by atoms with Crippen LogP contribution in [0.25, 0.3) is 0 Å². The Balaban J connectivity index is 1.63. The number of hydrogen-bond donors (Lipinski definition) is 2. The topological polar surface area (TPSA) is 67.4 Å². The maximum absolute atomic E-state index is 13.0. The number of rotatable bonds is 6. The van der Waals surface area contributed by atoms with Crippen LogP contribution < -0.4 is 15.4 Å². The molecule has 28 heavy (non-hydrogen) atoms. The molecule has 0 bridgehead atoms. The van der Waals surface area contributed by atoms with Crippen LogP contribution in [0.2, 0.25) is 0 Å². The van der Waals surface area contributed by atoms with Gasteiger partial charge in [-0.25, -0.2) is 4.39 Å². The van der Waals surface area contributed by atoms with E-state index in [0.29, 0.717) is 22.7 Å². The summed E-state index contributed by atoms with van der Waals surface area (Å²) in [4.78, 5) is 24.7. The molecular weight excluding hydrogens is 359 g/mol. The largest absolute Gasteiger partial charge is 0.481 e. The predicted octanol–water partition coefficient (Wildman–Crippen LogP) is 4.48. The first-order valence-corrected chi connectivity index (χ1v) is 8.71. The molecule has 2 N–H and O–H groups in total. The number of carbonyl (C=O) groups excluding carboxylic acids is 2. The molecule has 142 valence electrons. The molecule has 1 unspecified atom stereocenters. The highest BCUT2D eigenvalue weighted by molar-refractivity contribution is 6.05. The van der Waals surface area contributed by atoms with E-state index in [2.05, 4.69) is 10.6 Å². The first kappa shape index (κ1) is 19.1. The lowest BCUT2D eigenvalue weighted by molar-refractivity contribution is -0.122. The van der Waals surface area contributed by atoms with Crippen molar-refractivity contribution in [3.05, 3.63) is 90.2 Å². The SMILES string of the molecule is CC(Oc1ccccc1)C(=O)Nc1cccc(C(=O)Nc2ccc(F)cc2)c1. The van der Waals surface area contributed by atoms with Crippen molar-refractivity contribution in [3.8, 4) is 5.75 Å². The van der Waals surface area contributed by atoms with Gasteiger partial charge in [0, 0.05) is 16.9 Å². The predicted molar refractivity (Wildman–Crippen MR) is 106 cm³/mol. The molecule has 1 atom stereocenters. The summed E-state index contributed by atoms with van der Waals surface area (Å²) < 4.78 is 18.6. The minimum atomic E-state index is -0.709. The molecule has 0 aromatic heterocycles. The highest BCUT2D eigenvalue weighted by Gasteiger charge is 2.15. The van der Waals surface area contributed by atoms with Crippen LogP contribution in [0.1, 0.15) is 17.3 Å². The highest BCUT2D eigenvalue weighted by atomic mass is 19.1. The third-order valence-corrected chi connectivity index (χ3v) is 3.92. The second-order valence-electron chi connectivity index (χ2n) is 6.10. The number of carbonyl (C=O) groups is 2. The van der Waals surface area contributed by atoms with Crippen LogP contribution in [-0.4, -0.2) is 17.9 Å². The summed E-state index contributed by atoms with van der Waals surface area (Å²) in [6, 6.07) is 21.1. The molecule has 0 aliphatic heterocycles. The monoisotopic (exact) mass is 378 g/mol. The Morgan fingerprint density at radius 2 is 1.57 bits per heavy atom. The van der Waals surface area contributed by atoms with Gasteiger partial charge in [-0.15, -0.1) is 0 Å². The van der Waals surface area contributed by atoms with Crippen molar-refractivity contribution in [2.24, 2.45) is 0 Å². The molecule has 3 aromatic carbocycles. The van der Waals surface area contributed by atoms with Crippen molar-refractivity contribution in [3.63, 3.8) is 0 Å². The standard InChI is InChI=1S/C22H19FN2O3/c1-15(28-20-8-3-2-4-9-20)21(26)25-19-7-5-6-16(14-19)22(27)24-18-12-10-17(23)11-13-18/h2-15H,1H3,(H,24,27)(H,25,26). The lowest BCUT2D eigenvalue weighted by Gasteiger charge is -2.15. The number of hydrogen-bond acceptors (Lipinski definition) is 3. The number of ether oxygens (including phenoxy) is 1. The van der Waals surface area contributed by atoms with Gasteiger partial charge in [0.1, 0.15) is 11.6 Å². The summed E-state index contributed by atoms with van der Waals surface area (Å²) in [5.41, 5.74) is 1.31. The Morgan fingerprint density at radius 1 is 0.857 bits per heavy atom. The molecule has 0 aliphatic rings. The third kappa shape index (κ3) is 5.17. The van der Waals surface area contributed by atoms with E-state index in [-0.39, 0.29) is 17.6 Å². The third-order valence-electron chi connectivity index (χ3n) is 3.92. The number of benzene rings is 3. The van der Waals surface area contributed by atoms with Gasteiger partial charge < -0.3 is 15.4 Å². The fraction of sp³-hybridized carbons (Fsp3) is 0.0909. The summed E-state index contributed by atoms with van der Waals surface area (Å²) in [7, 11) is 0. The fourth-order valence-corrected chi connectivity index (χ4v) is 2.48. The van der Waals surface area contributed by atoms with Gasteiger partial charge in [-0.3, -0.25) is 9.59 Å². The van der Waals surface area contributed by atoms with Crippen LogP contribution in [0.15, 0.2) is 78.9 Å². The lowest BCUT2D eigenvalue weighted by atomic mass is 10.1. The van der Waals surface area contributed by atoms with Crippen LogP contribution in [-0.2, 0) is 4.79 Å². The van der Waals surface area contributed by atoms with E-state index in [1.54, 1.807) is 43.3 Å². The first-order valence-electron chi connectivity index (χ1n) is 8.71. The fourth-order valence-electron chi connectivity index (χ4n) is 2.48. The number of anilines is 2. The van der Waals surface area contributed by atoms with Crippen LogP contribution in [0, 0.1) is 5.82 Å². The summed E-state index contributed by atoms with van der Waals surface area (Å²) in [5, 5.41) is 5.41. The molecule has 3 rings (SSSR count). The number of halogens is 1. The second kappa shape index (κ2) is 8.81. The van der Waals surface area contributed by atoms with Crippen molar-refractivity contribution in [2.75, 3.05) is 10.6 Å². The minimum Gasteiger partial charge on any atom is -0.481 e. The Labute approximate surface area is 162 Å². The van der Waals surface area contributed by atoms with Crippen molar-refractivity contribution < 1.29 is 18.7 Å². The zero-order valence-corrected chi connectivity index (χ0v) is 15.2. The zero-order chi connectivity index (χ0) is 19.9. The van der Waals surface area contributed by atoms with Crippen LogP contribution in [0.3, 0.4) is 0 Å². The van der Waals surface area contributed by atoms with Gasteiger partial charge in [0.15, 0.2) is 6.10 Å². The van der Waals surface area contributed by atoms with Crippen molar-refractivity contribution in [2.45, 2.75) is 13.0 Å². The molecule has 0 radical (unpaired) electrons. The van der Waals surface area contributed by atoms with E-state index in [9.17, 15) is 14.0 Å². The van der Waals surface area contributed by atoms with Crippen molar-refractivity contribution >= 4 is 23.2 Å². The molecule has 2 amide bonds. The van der Waals surface area contributed by atoms with Crippen molar-refractivity contribution in [1.82, 2.24) is 0 Å². The van der Waals surface area contributed by atoms with Gasteiger partial charge in [-0.2, -0.15) is 0 Å². The summed E-state index contributed by atoms with van der Waals surface area (Å²) in [6.07, 6.45) is -0.709. The van der Waals surface area contributed by atoms with E-state index in [4.69, 9.17) is 4.74 Å². The number of para-hydroxylation sites is 1. The minimum absolute atomic E-state index is 0.333. The van der Waals surface area contributed by atoms with Crippen LogP contribution in [0.5, 0.6) is 5.75 Å². The second-order valence-corrected chi connectivity index (χ2v) is 6.10. The highest BCUT2D eigenvalue weighted by Crippen LogP contribution is 2.16. The normalized spacial score (nSPS) is 11.4. The molecular formula is C22H19FN2O3. The van der Waals surface area contributed by atoms with Gasteiger partial charge in [-0.05, 0) is 61.5 Å². The van der Waals surface area contributed by atoms with Gasteiger partial charge in [-0.1, -0.05) is 24.3 Å². The molecule has 0 spiro atoms. The maximum Gasteiger partial charge on any atom is 0.265 e. The Bertz CT molecular complexity index is 959. The molecule has 0 heterocycles. The Hall–Kier alpha value is -3.67. The molecule has 0 saturated carbocycles. The summed E-state index contributed by atoms with van der Waals surface area (Å²) in [6.45, 7) is 1.65. The smallest absolute Gasteiger partial charge is 0.265 e. The maximum atomic E-state index is 13.0. The average Bonchev–Trinajstić information content (AvgIpc) is 2.70. The molecule has 6 heteroatoms. The molecule has 0 saturated heterocycles. The Kier molecular flexibility index (Phi) is 6.01. The van der Waals surface area contributed by atoms with Crippen LogP contribution in [0.4, 0.5) is 15.8 Å². The molecule has 5 nitrogen and oxygen atoms in total. The lowest BCUT2D eigenvalue weighted by Crippen LogP contribution is -2.30. The van der Waals surface area contributed by atoms with E-state index < -0.39 is 6.10 Å². The summed E-state index contributed by atoms with van der Waals surface area (Å²) >= 11 is 0. The van der Waals surface area contributed by atoms with E-state index in [1.165, 1.54) is 24.3 Å². The van der Waals surface area contributed by atoms with Gasteiger partial charge in [0.25, 0.3) is 11.8 Å². The molecule has 3 aromatic rings. The van der Waals surface area contributed by atoms with Gasteiger partial charge in [0.05, 0.1) is 0 Å². The van der Waals surface area contributed by atoms with Gasteiger partial charge >= 0.3 is 0 Å². The zero-order valence-electron chi connectivity index (χ0n) is 15.2. The van der Waals surface area contributed by atoms with Gasteiger partial charge in [0.2, 0.25) is 0 Å². The van der Waals surface area contributed by atoms with E-state index in [1.807, 2.05) is 18.2 Å². The molecule has 0 aliphatic carbocycles. The first-order chi connectivity index (χ1) is 13.5. The van der Waals surface area contributed by atoms with E-state index >= 15 is 0 Å². The number of nitrogens with one attached hydrogen (secondary N) is 2. The Morgan fingerprint density at radius 3 is 2.29 bits per heavy atom. The van der Waals surface area contributed by atoms with E-state index in [0.717, 1.165) is 0 Å². The summed E-state index contributed by atoms with van der Waals surface area (Å²) in [5.74, 6) is -0.483. The molecule has 0 fully saturated rings. The number of amides is 2. The van der Waals surface area contributed by atoms with Crippen LogP contribution >= 0.6 is 0 Å². The average molecular weight is 378 g/mol. The quantitative estimate of drug-likeness (QED) is 0.664.